The van der Waals surface area contributed by atoms with Crippen molar-refractivity contribution in [2.45, 2.75) is 57.0 Å². The van der Waals surface area contributed by atoms with E-state index in [1.807, 2.05) is 23.1 Å². The minimum absolute atomic E-state index is 0.0213. The number of halogens is 3. The van der Waals surface area contributed by atoms with Gasteiger partial charge in [-0.3, -0.25) is 9.59 Å². The number of nitrogens with one attached hydrogen (secondary N) is 2. The van der Waals surface area contributed by atoms with Gasteiger partial charge in [0.25, 0.3) is 0 Å². The molecule has 2 fully saturated rings. The van der Waals surface area contributed by atoms with E-state index in [0.29, 0.717) is 19.0 Å². The summed E-state index contributed by atoms with van der Waals surface area (Å²) in [6, 6.07) is 8.08. The lowest BCUT2D eigenvalue weighted by Crippen LogP contribution is -2.54. The van der Waals surface area contributed by atoms with Crippen LogP contribution in [0, 0.1) is 5.92 Å². The van der Waals surface area contributed by atoms with Crippen LogP contribution in [0.25, 0.3) is 0 Å². The molecule has 0 aromatic heterocycles. The molecule has 174 valence electrons. The Bertz CT molecular complexity index is 854. The van der Waals surface area contributed by atoms with Gasteiger partial charge in [0, 0.05) is 25.2 Å². The summed E-state index contributed by atoms with van der Waals surface area (Å²) >= 11 is 0. The molecular formula is C22H26F3N3O4. The monoisotopic (exact) mass is 453 g/mol. The van der Waals surface area contributed by atoms with Crippen LogP contribution in [-0.4, -0.2) is 52.6 Å². The summed E-state index contributed by atoms with van der Waals surface area (Å²) in [6.07, 6.45) is 2.75. The van der Waals surface area contributed by atoms with Crippen molar-refractivity contribution >= 4 is 17.8 Å². The molecule has 0 bridgehead atoms. The maximum Gasteiger partial charge on any atom is 0.490 e. The Hall–Kier alpha value is -2.88. The molecule has 1 aromatic rings. The van der Waals surface area contributed by atoms with Gasteiger partial charge < -0.3 is 20.6 Å². The van der Waals surface area contributed by atoms with Crippen LogP contribution < -0.4 is 10.6 Å². The zero-order valence-electron chi connectivity index (χ0n) is 17.4. The zero-order chi connectivity index (χ0) is 23.3. The Balaban J connectivity index is 0.000000360. The third-order valence-corrected chi connectivity index (χ3v) is 5.62. The second-order valence-corrected chi connectivity index (χ2v) is 8.21. The third kappa shape index (κ3) is 6.81. The fourth-order valence-corrected chi connectivity index (χ4v) is 3.49. The average molecular weight is 453 g/mol. The molecule has 3 N–H and O–H groups in total. The van der Waals surface area contributed by atoms with Gasteiger partial charge in [-0.15, -0.1) is 0 Å². The SMILES string of the molecule is O=C(N[C@H](C=CC(=O)N1Cc2ccccc2C1)CC1CC1)[C@@H]1CCN1.O=C(O)C(F)(F)F. The lowest BCUT2D eigenvalue weighted by molar-refractivity contribution is -0.192. The van der Waals surface area contributed by atoms with Gasteiger partial charge in [-0.05, 0) is 36.4 Å². The number of fused-ring (bicyclic) bond motifs is 1. The molecule has 0 unspecified atom stereocenters. The van der Waals surface area contributed by atoms with Crippen LogP contribution in [-0.2, 0) is 27.5 Å². The van der Waals surface area contributed by atoms with Crippen LogP contribution in [0.15, 0.2) is 36.4 Å². The Morgan fingerprint density at radius 1 is 1.16 bits per heavy atom. The smallest absolute Gasteiger partial charge is 0.475 e. The Kier molecular flexibility index (Phi) is 7.55. The van der Waals surface area contributed by atoms with Crippen LogP contribution in [0.1, 0.15) is 36.8 Å². The molecular weight excluding hydrogens is 427 g/mol. The van der Waals surface area contributed by atoms with E-state index >= 15 is 0 Å². The van der Waals surface area contributed by atoms with Crippen molar-refractivity contribution in [1.82, 2.24) is 15.5 Å². The number of aliphatic carboxylic acids is 1. The first-order valence-electron chi connectivity index (χ1n) is 10.5. The van der Waals surface area contributed by atoms with E-state index in [9.17, 15) is 22.8 Å². The summed E-state index contributed by atoms with van der Waals surface area (Å²) in [4.78, 5) is 35.5. The molecule has 1 aromatic carbocycles. The van der Waals surface area contributed by atoms with Crippen molar-refractivity contribution in [1.29, 1.82) is 0 Å². The number of hydrogen-bond acceptors (Lipinski definition) is 4. The second kappa shape index (κ2) is 10.2. The van der Waals surface area contributed by atoms with Gasteiger partial charge in [0.1, 0.15) is 0 Å². The summed E-state index contributed by atoms with van der Waals surface area (Å²) in [5.41, 5.74) is 2.45. The summed E-state index contributed by atoms with van der Waals surface area (Å²) in [7, 11) is 0. The molecule has 2 heterocycles. The summed E-state index contributed by atoms with van der Waals surface area (Å²) in [6.45, 7) is 2.26. The van der Waals surface area contributed by atoms with Crippen molar-refractivity contribution in [3.63, 3.8) is 0 Å². The van der Waals surface area contributed by atoms with Crippen LogP contribution in [0.3, 0.4) is 0 Å². The van der Waals surface area contributed by atoms with E-state index in [2.05, 4.69) is 22.8 Å². The van der Waals surface area contributed by atoms with Crippen molar-refractivity contribution < 1.29 is 32.7 Å². The molecule has 32 heavy (non-hydrogen) atoms. The van der Waals surface area contributed by atoms with E-state index in [-0.39, 0.29) is 23.9 Å². The molecule has 3 aliphatic rings. The van der Waals surface area contributed by atoms with Crippen LogP contribution in [0.5, 0.6) is 0 Å². The fraction of sp³-hybridized carbons (Fsp3) is 0.500. The molecule has 1 saturated carbocycles. The average Bonchev–Trinajstić information content (AvgIpc) is 3.38. The predicted octanol–water partition coefficient (Wildman–Crippen LogP) is 2.37. The first-order chi connectivity index (χ1) is 15.1. The molecule has 0 radical (unpaired) electrons. The fourth-order valence-electron chi connectivity index (χ4n) is 3.49. The topological polar surface area (TPSA) is 98.7 Å². The highest BCUT2D eigenvalue weighted by molar-refractivity contribution is 5.88. The summed E-state index contributed by atoms with van der Waals surface area (Å²) < 4.78 is 31.7. The van der Waals surface area contributed by atoms with Crippen molar-refractivity contribution in [3.05, 3.63) is 47.5 Å². The number of rotatable bonds is 6. The number of amides is 2. The van der Waals surface area contributed by atoms with E-state index < -0.39 is 12.1 Å². The first kappa shape index (κ1) is 23.8. The van der Waals surface area contributed by atoms with Crippen molar-refractivity contribution in [2.24, 2.45) is 5.92 Å². The standard InChI is InChI=1S/C20H25N3O2.C2HF3O2/c24-19(23-12-15-3-1-2-4-16(15)13-23)8-7-17(11-14-5-6-14)22-20(25)18-9-10-21-18;3-2(4,5)1(6)7/h1-4,7-8,14,17-18,21H,5-6,9-13H2,(H,22,25);(H,6,7)/t17-,18+;/m1./s1. The van der Waals surface area contributed by atoms with Gasteiger partial charge >= 0.3 is 12.1 Å². The number of hydrogen-bond donors (Lipinski definition) is 3. The first-order valence-corrected chi connectivity index (χ1v) is 10.5. The number of carboxylic acids is 1. The normalized spacial score (nSPS) is 20.6. The summed E-state index contributed by atoms with van der Waals surface area (Å²) in [5, 5.41) is 13.3. The lowest BCUT2D eigenvalue weighted by atomic mass is 10.0. The quantitative estimate of drug-likeness (QED) is 0.575. The summed E-state index contributed by atoms with van der Waals surface area (Å²) in [5.74, 6) is -1.99. The van der Waals surface area contributed by atoms with Gasteiger partial charge in [0.2, 0.25) is 11.8 Å². The Morgan fingerprint density at radius 2 is 1.72 bits per heavy atom. The number of nitrogens with zero attached hydrogens (tertiary/aromatic N) is 1. The van der Waals surface area contributed by atoms with Crippen LogP contribution in [0.2, 0.25) is 0 Å². The molecule has 2 atom stereocenters. The van der Waals surface area contributed by atoms with E-state index in [4.69, 9.17) is 9.90 Å². The minimum atomic E-state index is -5.08. The lowest BCUT2D eigenvalue weighted by Gasteiger charge is -2.28. The zero-order valence-corrected chi connectivity index (χ0v) is 17.4. The van der Waals surface area contributed by atoms with Crippen molar-refractivity contribution in [3.8, 4) is 0 Å². The largest absolute Gasteiger partial charge is 0.490 e. The number of carbonyl (C=O) groups excluding carboxylic acids is 2. The van der Waals surface area contributed by atoms with Crippen molar-refractivity contribution in [2.75, 3.05) is 6.54 Å². The van der Waals surface area contributed by atoms with E-state index in [1.54, 1.807) is 6.08 Å². The Labute approximate surface area is 183 Å². The number of benzene rings is 1. The van der Waals surface area contributed by atoms with Gasteiger partial charge in [0.05, 0.1) is 6.04 Å². The molecule has 1 aliphatic carbocycles. The molecule has 7 nitrogen and oxygen atoms in total. The highest BCUT2D eigenvalue weighted by Crippen LogP contribution is 2.34. The highest BCUT2D eigenvalue weighted by Gasteiger charge is 2.38. The predicted molar refractivity (Wildman–Crippen MR) is 109 cm³/mol. The highest BCUT2D eigenvalue weighted by atomic mass is 19.4. The maximum absolute atomic E-state index is 12.5. The maximum atomic E-state index is 12.5. The number of carboxylic acid groups (broad SMARTS) is 1. The van der Waals surface area contributed by atoms with Crippen LogP contribution >= 0.6 is 0 Å². The van der Waals surface area contributed by atoms with E-state index in [0.717, 1.165) is 19.4 Å². The van der Waals surface area contributed by atoms with Gasteiger partial charge in [0.15, 0.2) is 0 Å². The van der Waals surface area contributed by atoms with Gasteiger partial charge in [-0.2, -0.15) is 13.2 Å². The molecule has 2 amide bonds. The molecule has 10 heteroatoms. The van der Waals surface area contributed by atoms with Crippen LogP contribution in [0.4, 0.5) is 13.2 Å². The Morgan fingerprint density at radius 3 is 2.16 bits per heavy atom. The minimum Gasteiger partial charge on any atom is -0.475 e. The molecule has 2 aliphatic heterocycles. The van der Waals surface area contributed by atoms with E-state index in [1.165, 1.54) is 24.0 Å². The van der Waals surface area contributed by atoms with Gasteiger partial charge in [-0.25, -0.2) is 4.79 Å². The molecule has 4 rings (SSSR count). The third-order valence-electron chi connectivity index (χ3n) is 5.62. The molecule has 0 spiro atoms. The number of alkyl halides is 3. The molecule has 1 saturated heterocycles. The second-order valence-electron chi connectivity index (χ2n) is 8.21. The number of carbonyl (C=O) groups is 3. The van der Waals surface area contributed by atoms with Gasteiger partial charge in [-0.1, -0.05) is 43.2 Å².